The van der Waals surface area contributed by atoms with Gasteiger partial charge in [-0.2, -0.15) is 0 Å². The van der Waals surface area contributed by atoms with Gasteiger partial charge in [-0.15, -0.1) is 11.3 Å². The molecule has 1 aromatic carbocycles. The topological polar surface area (TPSA) is 35.2 Å². The fraction of sp³-hybridized carbons (Fsp3) is 0.231. The van der Waals surface area contributed by atoms with Crippen LogP contribution >= 0.6 is 43.2 Å². The van der Waals surface area contributed by atoms with Gasteiger partial charge in [0.15, 0.2) is 0 Å². The Morgan fingerprint density at radius 1 is 1.28 bits per heavy atom. The van der Waals surface area contributed by atoms with E-state index in [2.05, 4.69) is 37.9 Å². The predicted molar refractivity (Wildman–Crippen MR) is 81.1 cm³/mol. The zero-order valence-electron chi connectivity index (χ0n) is 9.40. The second kappa shape index (κ2) is 4.96. The number of para-hydroxylation sites is 1. The number of hydrogen-bond donors (Lipinski definition) is 1. The normalized spacial score (nSPS) is 22.4. The highest BCUT2D eigenvalue weighted by Gasteiger charge is 2.28. The van der Waals surface area contributed by atoms with Crippen LogP contribution in [0.25, 0.3) is 0 Å². The van der Waals surface area contributed by atoms with Gasteiger partial charge in [-0.3, -0.25) is 0 Å². The largest absolute Gasteiger partial charge is 0.484 e. The van der Waals surface area contributed by atoms with Crippen LogP contribution in [-0.2, 0) is 0 Å². The molecule has 94 valence electrons. The lowest BCUT2D eigenvalue weighted by Crippen LogP contribution is -2.23. The van der Waals surface area contributed by atoms with Gasteiger partial charge < -0.3 is 10.5 Å². The molecule has 1 aliphatic heterocycles. The molecule has 2 nitrogen and oxygen atoms in total. The summed E-state index contributed by atoms with van der Waals surface area (Å²) in [7, 11) is 0. The zero-order valence-corrected chi connectivity index (χ0v) is 13.4. The van der Waals surface area contributed by atoms with Crippen LogP contribution in [0.15, 0.2) is 38.6 Å². The summed E-state index contributed by atoms with van der Waals surface area (Å²) in [5.74, 6) is 0.905. The lowest BCUT2D eigenvalue weighted by molar-refractivity contribution is 0.165. The summed E-state index contributed by atoms with van der Waals surface area (Å²) < 4.78 is 8.20. The molecule has 2 aromatic rings. The Hall–Kier alpha value is -0.360. The summed E-state index contributed by atoms with van der Waals surface area (Å²) >= 11 is 8.71. The molecule has 1 unspecified atom stereocenters. The van der Waals surface area contributed by atoms with E-state index in [9.17, 15) is 0 Å². The fourth-order valence-corrected chi connectivity index (χ4v) is 4.28. The summed E-state index contributed by atoms with van der Waals surface area (Å²) in [5.41, 5.74) is 7.32. The molecule has 3 rings (SSSR count). The molecule has 0 saturated heterocycles. The second-order valence-corrected chi connectivity index (χ2v) is 7.51. The monoisotopic (exact) mass is 387 g/mol. The molecule has 18 heavy (non-hydrogen) atoms. The minimum atomic E-state index is 0.0413. The molecule has 0 fully saturated rings. The van der Waals surface area contributed by atoms with Crippen molar-refractivity contribution in [2.45, 2.75) is 18.6 Å². The molecular weight excluding hydrogens is 378 g/mol. The molecule has 0 radical (unpaired) electrons. The number of thiophene rings is 1. The van der Waals surface area contributed by atoms with E-state index in [1.807, 2.05) is 24.3 Å². The number of benzene rings is 1. The lowest BCUT2D eigenvalue weighted by Gasteiger charge is -2.29. The smallest absolute Gasteiger partial charge is 0.135 e. The molecule has 2 heterocycles. The lowest BCUT2D eigenvalue weighted by atomic mass is 9.97. The minimum Gasteiger partial charge on any atom is -0.484 e. The maximum Gasteiger partial charge on any atom is 0.135 e. The molecule has 0 bridgehead atoms. The summed E-state index contributed by atoms with van der Waals surface area (Å²) in [6.07, 6.45) is 0.860. The van der Waals surface area contributed by atoms with Gasteiger partial charge in [0.1, 0.15) is 11.9 Å². The van der Waals surface area contributed by atoms with Crippen molar-refractivity contribution in [1.29, 1.82) is 0 Å². The van der Waals surface area contributed by atoms with Crippen molar-refractivity contribution in [3.63, 3.8) is 0 Å². The van der Waals surface area contributed by atoms with Crippen molar-refractivity contribution in [3.05, 3.63) is 49.0 Å². The highest BCUT2D eigenvalue weighted by molar-refractivity contribution is 9.13. The second-order valence-electron chi connectivity index (χ2n) is 4.26. The first-order valence-electron chi connectivity index (χ1n) is 5.61. The van der Waals surface area contributed by atoms with E-state index in [1.165, 1.54) is 4.88 Å². The molecule has 2 N–H and O–H groups in total. The van der Waals surface area contributed by atoms with E-state index in [1.54, 1.807) is 11.3 Å². The van der Waals surface area contributed by atoms with Gasteiger partial charge in [-0.05, 0) is 44.0 Å². The number of fused-ring (bicyclic) bond motifs is 1. The fourth-order valence-electron chi connectivity index (χ4n) is 2.15. The zero-order chi connectivity index (χ0) is 12.7. The predicted octanol–water partition coefficient (Wildman–Crippen LogP) is 4.80. The molecule has 1 aromatic heterocycles. The SMILES string of the molecule is N[C@@H]1CC(c2cc(Br)c(Br)s2)Oc2ccccc21. The Morgan fingerprint density at radius 2 is 2.06 bits per heavy atom. The van der Waals surface area contributed by atoms with Gasteiger partial charge in [-0.1, -0.05) is 18.2 Å². The number of nitrogens with two attached hydrogens (primary N) is 1. The first kappa shape index (κ1) is 12.7. The van der Waals surface area contributed by atoms with E-state index in [4.69, 9.17) is 10.5 Å². The summed E-state index contributed by atoms with van der Waals surface area (Å²) in [6, 6.07) is 10.1. The van der Waals surface area contributed by atoms with Gasteiger partial charge in [0.25, 0.3) is 0 Å². The van der Waals surface area contributed by atoms with E-state index in [-0.39, 0.29) is 12.1 Å². The van der Waals surface area contributed by atoms with Crippen LogP contribution < -0.4 is 10.5 Å². The average molecular weight is 389 g/mol. The van der Waals surface area contributed by atoms with Crippen molar-refractivity contribution < 1.29 is 4.74 Å². The number of halogens is 2. The molecule has 1 aliphatic rings. The van der Waals surface area contributed by atoms with Gasteiger partial charge in [-0.25, -0.2) is 0 Å². The molecule has 0 spiro atoms. The summed E-state index contributed by atoms with van der Waals surface area (Å²) in [4.78, 5) is 1.19. The molecule has 2 atom stereocenters. The number of rotatable bonds is 1. The number of ether oxygens (including phenoxy) is 1. The van der Waals surface area contributed by atoms with Crippen molar-refractivity contribution >= 4 is 43.2 Å². The van der Waals surface area contributed by atoms with Crippen molar-refractivity contribution in [3.8, 4) is 5.75 Å². The van der Waals surface area contributed by atoms with Gasteiger partial charge in [0.05, 0.1) is 3.79 Å². The summed E-state index contributed by atoms with van der Waals surface area (Å²) in [6.45, 7) is 0. The molecule has 0 saturated carbocycles. The quantitative estimate of drug-likeness (QED) is 0.761. The van der Waals surface area contributed by atoms with E-state index >= 15 is 0 Å². The van der Waals surface area contributed by atoms with Gasteiger partial charge in [0.2, 0.25) is 0 Å². The van der Waals surface area contributed by atoms with Crippen LogP contribution in [0, 0.1) is 0 Å². The molecule has 0 aliphatic carbocycles. The Kier molecular flexibility index (Phi) is 3.49. The van der Waals surface area contributed by atoms with Crippen LogP contribution in [0.4, 0.5) is 0 Å². The van der Waals surface area contributed by atoms with Crippen LogP contribution in [0.3, 0.4) is 0 Å². The average Bonchev–Trinajstić information content (AvgIpc) is 2.70. The van der Waals surface area contributed by atoms with E-state index in [0.29, 0.717) is 0 Å². The summed E-state index contributed by atoms with van der Waals surface area (Å²) in [5, 5.41) is 0. The third kappa shape index (κ3) is 2.25. The first-order valence-corrected chi connectivity index (χ1v) is 8.01. The van der Waals surface area contributed by atoms with Gasteiger partial charge >= 0.3 is 0 Å². The van der Waals surface area contributed by atoms with Crippen molar-refractivity contribution in [2.24, 2.45) is 5.73 Å². The Morgan fingerprint density at radius 3 is 2.78 bits per heavy atom. The highest BCUT2D eigenvalue weighted by Crippen LogP contribution is 2.44. The van der Waals surface area contributed by atoms with E-state index in [0.717, 1.165) is 26.0 Å². The minimum absolute atomic E-state index is 0.0413. The number of hydrogen-bond acceptors (Lipinski definition) is 3. The van der Waals surface area contributed by atoms with Crippen LogP contribution in [0.5, 0.6) is 5.75 Å². The maximum absolute atomic E-state index is 6.22. The van der Waals surface area contributed by atoms with Gasteiger partial charge in [0, 0.05) is 27.4 Å². The molecule has 0 amide bonds. The van der Waals surface area contributed by atoms with Crippen LogP contribution in [0.1, 0.15) is 29.0 Å². The maximum atomic E-state index is 6.22. The van der Waals surface area contributed by atoms with Crippen LogP contribution in [0.2, 0.25) is 0 Å². The third-order valence-corrected chi connectivity index (χ3v) is 6.39. The Bertz CT molecular complexity index is 565. The van der Waals surface area contributed by atoms with Crippen LogP contribution in [-0.4, -0.2) is 0 Å². The first-order chi connectivity index (χ1) is 8.65. The Labute approximate surface area is 126 Å². The highest BCUT2D eigenvalue weighted by atomic mass is 79.9. The van der Waals surface area contributed by atoms with Crippen molar-refractivity contribution in [1.82, 2.24) is 0 Å². The Balaban J connectivity index is 1.94. The van der Waals surface area contributed by atoms with E-state index < -0.39 is 0 Å². The molecule has 5 heteroatoms. The third-order valence-electron chi connectivity index (χ3n) is 3.04. The standard InChI is InChI=1S/C13H11Br2NOS/c14-8-5-12(18-13(8)15)11-6-9(16)7-3-1-2-4-10(7)17-11/h1-5,9,11H,6,16H2/t9-,11?/m1/s1. The van der Waals surface area contributed by atoms with Crippen molar-refractivity contribution in [2.75, 3.05) is 0 Å². The molecular formula is C13H11Br2NOS.